The number of nitrogens with zero attached hydrogens (tertiary/aromatic N) is 2. The van der Waals surface area contributed by atoms with E-state index in [0.717, 1.165) is 20.8 Å². The van der Waals surface area contributed by atoms with Gasteiger partial charge in [-0.05, 0) is 37.3 Å². The molecule has 2 unspecified atom stereocenters. The van der Waals surface area contributed by atoms with Crippen LogP contribution in [0.15, 0.2) is 45.8 Å². The van der Waals surface area contributed by atoms with E-state index in [1.165, 1.54) is 38.4 Å². The molecule has 4 N–H and O–H groups in total. The maximum absolute atomic E-state index is 14.8. The summed E-state index contributed by atoms with van der Waals surface area (Å²) in [6.45, 7) is 0.981. The van der Waals surface area contributed by atoms with Gasteiger partial charge in [-0.2, -0.15) is 10.1 Å². The summed E-state index contributed by atoms with van der Waals surface area (Å²) < 4.78 is 45.7. The molecule has 1 aliphatic heterocycles. The van der Waals surface area contributed by atoms with Gasteiger partial charge in [-0.1, -0.05) is 15.9 Å². The van der Waals surface area contributed by atoms with Gasteiger partial charge in [-0.3, -0.25) is 13.9 Å². The predicted molar refractivity (Wildman–Crippen MR) is 127 cm³/mol. The number of benzene rings is 1. The van der Waals surface area contributed by atoms with Gasteiger partial charge in [0.1, 0.15) is 29.1 Å². The molecule has 1 aromatic heterocycles. The molecule has 2 heterocycles. The summed E-state index contributed by atoms with van der Waals surface area (Å²) in [5.74, 6) is -0.550. The minimum absolute atomic E-state index is 0.0167. The van der Waals surface area contributed by atoms with Crippen LogP contribution in [-0.4, -0.2) is 57.9 Å². The minimum atomic E-state index is -4.20. The summed E-state index contributed by atoms with van der Waals surface area (Å²) in [6, 6.07) is 6.63. The third-order valence-electron chi connectivity index (χ3n) is 4.77. The molecule has 34 heavy (non-hydrogen) atoms. The Kier molecular flexibility index (Phi) is 8.77. The lowest BCUT2D eigenvalue weighted by atomic mass is 10.1. The fraction of sp³-hybridized carbons (Fsp3) is 0.421. The zero-order valence-corrected chi connectivity index (χ0v) is 21.3. The van der Waals surface area contributed by atoms with Gasteiger partial charge in [0.25, 0.3) is 0 Å². The van der Waals surface area contributed by atoms with Crippen molar-refractivity contribution in [2.45, 2.75) is 35.9 Å². The van der Waals surface area contributed by atoms with Gasteiger partial charge in [-0.15, -0.1) is 11.8 Å². The van der Waals surface area contributed by atoms with E-state index >= 15 is 0 Å². The highest BCUT2D eigenvalue weighted by Gasteiger charge is 2.46. The van der Waals surface area contributed by atoms with Crippen molar-refractivity contribution < 1.29 is 32.6 Å². The number of nitrogens with one attached hydrogen (secondary N) is 1. The van der Waals surface area contributed by atoms with E-state index in [9.17, 15) is 23.7 Å². The number of alkyl halides is 1. The number of anilines is 1. The normalized spacial score (nSPS) is 24.9. The molecule has 0 amide bonds. The third kappa shape index (κ3) is 6.37. The van der Waals surface area contributed by atoms with Crippen LogP contribution in [0.2, 0.25) is 0 Å². The van der Waals surface area contributed by atoms with E-state index in [-0.39, 0.29) is 11.6 Å². The van der Waals surface area contributed by atoms with Crippen molar-refractivity contribution in [3.05, 3.63) is 51.5 Å². The fourth-order valence-corrected chi connectivity index (χ4v) is 6.35. The van der Waals surface area contributed by atoms with Crippen LogP contribution >= 0.6 is 35.4 Å². The number of esters is 1. The number of halogens is 2. The van der Waals surface area contributed by atoms with Gasteiger partial charge in [0.15, 0.2) is 6.17 Å². The van der Waals surface area contributed by atoms with Crippen LogP contribution in [0, 0.1) is 0 Å². The molecule has 1 fully saturated rings. The molecule has 1 aromatic carbocycles. The second kappa shape index (κ2) is 11.2. The molecule has 1 saturated heterocycles. The minimum Gasteiger partial charge on any atom is -0.468 e. The smallest absolute Gasteiger partial charge is 0.459 e. The van der Waals surface area contributed by atoms with Crippen LogP contribution in [0.5, 0.6) is 5.75 Å². The number of carbonyl (C=O) groups excluding carboxylic acids is 1. The number of thioether (sulfide) groups is 1. The number of carbonyl (C=O) groups is 1. The molecule has 1 aliphatic rings. The Balaban J connectivity index is 1.76. The first-order valence-corrected chi connectivity index (χ1v) is 13.2. The Morgan fingerprint density at radius 3 is 2.71 bits per heavy atom. The average molecular weight is 581 g/mol. The van der Waals surface area contributed by atoms with Crippen LogP contribution in [0.25, 0.3) is 0 Å². The molecule has 3 rings (SSSR count). The highest BCUT2D eigenvalue weighted by Crippen LogP contribution is 2.49. The molecule has 0 spiro atoms. The van der Waals surface area contributed by atoms with Gasteiger partial charge in [-0.25, -0.2) is 13.8 Å². The van der Waals surface area contributed by atoms with Crippen LogP contribution < -0.4 is 21.0 Å². The summed E-state index contributed by atoms with van der Waals surface area (Å²) in [6.07, 6.45) is -2.10. The zero-order chi connectivity index (χ0) is 25.0. The van der Waals surface area contributed by atoms with Gasteiger partial charge >= 0.3 is 19.4 Å². The Hall–Kier alpha value is -1.96. The Labute approximate surface area is 206 Å². The van der Waals surface area contributed by atoms with Gasteiger partial charge in [0.05, 0.1) is 19.0 Å². The first kappa shape index (κ1) is 26.6. The lowest BCUT2D eigenvalue weighted by molar-refractivity contribution is -0.142. The fourth-order valence-electron chi connectivity index (χ4n) is 3.05. The lowest BCUT2D eigenvalue weighted by Gasteiger charge is -2.24. The van der Waals surface area contributed by atoms with E-state index in [0.29, 0.717) is 0 Å². The topological polar surface area (TPSA) is 155 Å². The maximum atomic E-state index is 14.8. The third-order valence-corrected chi connectivity index (χ3v) is 8.48. The van der Waals surface area contributed by atoms with Crippen molar-refractivity contribution in [3.63, 3.8) is 0 Å². The van der Waals surface area contributed by atoms with E-state index < -0.39 is 55.0 Å². The number of nitrogen functional groups attached to an aromatic ring is 1. The SMILES string of the molecule is COC(=O)C(C)NP(=O)(OC[C@H]1S[C@@H](n2ccc(N)nc2=O)[C@@H](F)[C@@H]1O)Oc1ccc(Br)cc1. The van der Waals surface area contributed by atoms with Crippen molar-refractivity contribution in [2.24, 2.45) is 0 Å². The number of rotatable bonds is 9. The molecule has 0 radical (unpaired) electrons. The number of aromatic nitrogens is 2. The predicted octanol–water partition coefficient (Wildman–Crippen LogP) is 2.26. The second-order valence-corrected chi connectivity index (χ2v) is 11.2. The molecule has 6 atom stereocenters. The number of aliphatic hydroxyl groups is 1. The summed E-state index contributed by atoms with van der Waals surface area (Å²) in [4.78, 5) is 27.5. The summed E-state index contributed by atoms with van der Waals surface area (Å²) in [5, 5.41) is 10.9. The molecule has 0 bridgehead atoms. The molecule has 11 nitrogen and oxygen atoms in total. The quantitative estimate of drug-likeness (QED) is 0.295. The molecule has 186 valence electrons. The van der Waals surface area contributed by atoms with E-state index in [4.69, 9.17) is 14.8 Å². The largest absolute Gasteiger partial charge is 0.468 e. The Morgan fingerprint density at radius 1 is 1.41 bits per heavy atom. The molecule has 2 aromatic rings. The number of hydrogen-bond acceptors (Lipinski definition) is 10. The summed E-state index contributed by atoms with van der Waals surface area (Å²) >= 11 is 4.19. The van der Waals surface area contributed by atoms with Gasteiger partial charge in [0.2, 0.25) is 0 Å². The summed E-state index contributed by atoms with van der Waals surface area (Å²) in [5.41, 5.74) is 4.70. The van der Waals surface area contributed by atoms with Crippen molar-refractivity contribution in [1.29, 1.82) is 0 Å². The van der Waals surface area contributed by atoms with Crippen molar-refractivity contribution >= 4 is 47.2 Å². The second-order valence-electron chi connectivity index (χ2n) is 7.25. The van der Waals surface area contributed by atoms with Crippen LogP contribution in [-0.2, 0) is 18.6 Å². The van der Waals surface area contributed by atoms with Crippen LogP contribution in [0.4, 0.5) is 10.2 Å². The lowest BCUT2D eigenvalue weighted by Crippen LogP contribution is -2.36. The summed E-state index contributed by atoms with van der Waals surface area (Å²) in [7, 11) is -3.03. The highest BCUT2D eigenvalue weighted by atomic mass is 79.9. The maximum Gasteiger partial charge on any atom is 0.459 e. The van der Waals surface area contributed by atoms with Crippen molar-refractivity contribution in [1.82, 2.24) is 14.6 Å². The molecule has 0 saturated carbocycles. The number of hydrogen-bond donors (Lipinski definition) is 3. The van der Waals surface area contributed by atoms with E-state index in [2.05, 4.69) is 30.7 Å². The van der Waals surface area contributed by atoms with Crippen LogP contribution in [0.3, 0.4) is 0 Å². The molecular formula is C19H23BrFN4O7PS. The van der Waals surface area contributed by atoms with Crippen molar-refractivity contribution in [3.8, 4) is 5.75 Å². The molecular weight excluding hydrogens is 558 g/mol. The zero-order valence-electron chi connectivity index (χ0n) is 18.0. The number of methoxy groups -OCH3 is 1. The number of ether oxygens (including phenoxy) is 1. The Morgan fingerprint density at radius 2 is 2.09 bits per heavy atom. The van der Waals surface area contributed by atoms with Crippen LogP contribution in [0.1, 0.15) is 12.3 Å². The monoisotopic (exact) mass is 580 g/mol. The van der Waals surface area contributed by atoms with Crippen molar-refractivity contribution in [2.75, 3.05) is 19.5 Å². The first-order valence-electron chi connectivity index (χ1n) is 9.90. The Bertz CT molecular complexity index is 1120. The van der Waals surface area contributed by atoms with Gasteiger partial charge < -0.3 is 20.1 Å². The molecule has 15 heteroatoms. The first-order chi connectivity index (χ1) is 16.0. The molecule has 0 aliphatic carbocycles. The number of aliphatic hydroxyl groups excluding tert-OH is 1. The van der Waals surface area contributed by atoms with Gasteiger partial charge in [0, 0.05) is 10.7 Å². The van der Waals surface area contributed by atoms with E-state index in [1.807, 2.05) is 0 Å². The van der Waals surface area contributed by atoms with E-state index in [1.54, 1.807) is 12.1 Å². The highest BCUT2D eigenvalue weighted by molar-refractivity contribution is 9.10. The number of nitrogens with two attached hydrogens (primary N) is 1. The standard InChI is InChI=1S/C19H23BrFN4O7PS/c1-10(18(27)30-2)24-33(29,32-12-5-3-11(20)4-6-12)31-9-13-16(26)15(21)17(34-13)25-8-7-14(22)23-19(25)28/h3-8,10,13,15-17,26H,9H2,1-2H3,(H,24,29)(H2,22,23,28)/t10?,13-,15+,16-,17-,33?/m1/s1. The average Bonchev–Trinajstić information content (AvgIpc) is 3.07.